The zero-order chi connectivity index (χ0) is 12.0. The Bertz CT molecular complexity index is 323. The summed E-state index contributed by atoms with van der Waals surface area (Å²) in [6.45, 7) is 10.9. The van der Waals surface area contributed by atoms with Crippen molar-refractivity contribution in [2.75, 3.05) is 0 Å². The lowest BCUT2D eigenvalue weighted by Gasteiger charge is -2.34. The van der Waals surface area contributed by atoms with Crippen LogP contribution in [0.3, 0.4) is 0 Å². The number of hydrogen-bond acceptors (Lipinski definition) is 0. The summed E-state index contributed by atoms with van der Waals surface area (Å²) in [5.41, 5.74) is 2.92. The van der Waals surface area contributed by atoms with E-state index in [1.54, 1.807) is 0 Å². The van der Waals surface area contributed by atoms with Crippen LogP contribution in [0.5, 0.6) is 0 Å². The Balaban J connectivity index is 3.07. The van der Waals surface area contributed by atoms with E-state index in [1.807, 2.05) is 0 Å². The van der Waals surface area contributed by atoms with Crippen LogP contribution >= 0.6 is 0 Å². The fourth-order valence-corrected chi connectivity index (χ4v) is 2.52. The van der Waals surface area contributed by atoms with Crippen LogP contribution in [-0.2, 0) is 5.41 Å². The van der Waals surface area contributed by atoms with Crippen molar-refractivity contribution in [2.45, 2.75) is 51.9 Å². The predicted octanol–water partition coefficient (Wildman–Crippen LogP) is 5.10. The highest BCUT2D eigenvalue weighted by Crippen LogP contribution is 2.39. The van der Waals surface area contributed by atoms with Crippen molar-refractivity contribution in [3.8, 4) is 0 Å². The van der Waals surface area contributed by atoms with Gasteiger partial charge in [0, 0.05) is 5.41 Å². The Kier molecular flexibility index (Phi) is 4.79. The van der Waals surface area contributed by atoms with Crippen molar-refractivity contribution in [3.05, 3.63) is 48.0 Å². The fourth-order valence-electron chi connectivity index (χ4n) is 2.52. The minimum absolute atomic E-state index is 0.192. The highest BCUT2D eigenvalue weighted by Gasteiger charge is 2.30. The molecule has 0 heterocycles. The van der Waals surface area contributed by atoms with Gasteiger partial charge in [-0.25, -0.2) is 0 Å². The van der Waals surface area contributed by atoms with Gasteiger partial charge < -0.3 is 0 Å². The van der Waals surface area contributed by atoms with Crippen molar-refractivity contribution >= 4 is 0 Å². The summed E-state index contributed by atoms with van der Waals surface area (Å²) in [4.78, 5) is 0. The van der Waals surface area contributed by atoms with Crippen LogP contribution in [-0.4, -0.2) is 0 Å². The quantitative estimate of drug-likeness (QED) is 0.580. The summed E-state index contributed by atoms with van der Waals surface area (Å²) in [5, 5.41) is 0. The van der Waals surface area contributed by atoms with E-state index in [2.05, 4.69) is 57.7 Å². The molecule has 0 aromatic heterocycles. The molecule has 0 saturated heterocycles. The van der Waals surface area contributed by atoms with Gasteiger partial charge in [-0.05, 0) is 25.3 Å². The van der Waals surface area contributed by atoms with Crippen molar-refractivity contribution in [1.82, 2.24) is 0 Å². The highest BCUT2D eigenvalue weighted by molar-refractivity contribution is 5.34. The molecule has 0 fully saturated rings. The van der Waals surface area contributed by atoms with E-state index >= 15 is 0 Å². The number of unbranched alkanes of at least 4 members (excludes halogenated alkanes) is 1. The van der Waals surface area contributed by atoms with E-state index < -0.39 is 0 Å². The van der Waals surface area contributed by atoms with E-state index in [0.717, 1.165) is 6.42 Å². The van der Waals surface area contributed by atoms with Crippen molar-refractivity contribution < 1.29 is 0 Å². The molecular formula is C16H24. The van der Waals surface area contributed by atoms with Gasteiger partial charge in [-0.2, -0.15) is 0 Å². The van der Waals surface area contributed by atoms with Gasteiger partial charge in [0.2, 0.25) is 0 Å². The molecule has 0 N–H and O–H groups in total. The molecule has 0 aliphatic rings. The van der Waals surface area contributed by atoms with Gasteiger partial charge in [0.1, 0.15) is 0 Å². The smallest absolute Gasteiger partial charge is 0.0153 e. The molecule has 0 amide bonds. The maximum atomic E-state index is 4.23. The monoisotopic (exact) mass is 216 g/mol. The molecule has 1 aromatic rings. The SMILES string of the molecule is C=C(C)C(CC)(CCCC)c1ccccc1. The van der Waals surface area contributed by atoms with Gasteiger partial charge in [-0.15, -0.1) is 0 Å². The Morgan fingerprint density at radius 3 is 2.25 bits per heavy atom. The molecule has 0 nitrogen and oxygen atoms in total. The Hall–Kier alpha value is -1.04. The first-order chi connectivity index (χ1) is 7.67. The van der Waals surface area contributed by atoms with E-state index in [-0.39, 0.29) is 5.41 Å². The number of hydrogen-bond donors (Lipinski definition) is 0. The van der Waals surface area contributed by atoms with Crippen LogP contribution in [0.15, 0.2) is 42.5 Å². The van der Waals surface area contributed by atoms with Crippen LogP contribution in [0, 0.1) is 0 Å². The topological polar surface area (TPSA) is 0 Å². The molecule has 1 rings (SSSR count). The third kappa shape index (κ3) is 2.55. The second kappa shape index (κ2) is 5.89. The Labute approximate surface area is 100 Å². The highest BCUT2D eigenvalue weighted by atomic mass is 14.3. The van der Waals surface area contributed by atoms with Crippen LogP contribution < -0.4 is 0 Å². The molecule has 16 heavy (non-hydrogen) atoms. The first-order valence-electron chi connectivity index (χ1n) is 6.39. The lowest BCUT2D eigenvalue weighted by atomic mass is 9.70. The van der Waals surface area contributed by atoms with Gasteiger partial charge in [-0.3, -0.25) is 0 Å². The molecule has 1 atom stereocenters. The normalized spacial score (nSPS) is 14.4. The van der Waals surface area contributed by atoms with E-state index in [0.29, 0.717) is 0 Å². The third-order valence-corrected chi connectivity index (χ3v) is 3.70. The summed E-state index contributed by atoms with van der Waals surface area (Å²) in [6, 6.07) is 10.8. The van der Waals surface area contributed by atoms with E-state index in [9.17, 15) is 0 Å². The molecule has 0 aliphatic carbocycles. The van der Waals surface area contributed by atoms with Crippen LogP contribution in [0.2, 0.25) is 0 Å². The molecule has 0 radical (unpaired) electrons. The molecule has 0 saturated carbocycles. The van der Waals surface area contributed by atoms with Gasteiger partial charge >= 0.3 is 0 Å². The molecule has 1 unspecified atom stereocenters. The van der Waals surface area contributed by atoms with Gasteiger partial charge in [0.15, 0.2) is 0 Å². The predicted molar refractivity (Wildman–Crippen MR) is 72.8 cm³/mol. The molecule has 0 heteroatoms. The largest absolute Gasteiger partial charge is 0.0992 e. The van der Waals surface area contributed by atoms with E-state index in [4.69, 9.17) is 0 Å². The second-order valence-corrected chi connectivity index (χ2v) is 4.69. The fraction of sp³-hybridized carbons (Fsp3) is 0.500. The van der Waals surface area contributed by atoms with Crippen molar-refractivity contribution in [3.63, 3.8) is 0 Å². The Morgan fingerprint density at radius 2 is 1.81 bits per heavy atom. The van der Waals surface area contributed by atoms with Crippen LogP contribution in [0.1, 0.15) is 52.0 Å². The minimum atomic E-state index is 0.192. The first-order valence-corrected chi connectivity index (χ1v) is 6.39. The number of benzene rings is 1. The van der Waals surface area contributed by atoms with Crippen LogP contribution in [0.4, 0.5) is 0 Å². The summed E-state index contributed by atoms with van der Waals surface area (Å²) in [6.07, 6.45) is 4.89. The van der Waals surface area contributed by atoms with Gasteiger partial charge in [0.05, 0.1) is 0 Å². The molecule has 1 aromatic carbocycles. The standard InChI is InChI=1S/C16H24/c1-5-7-13-16(6-2,14(3)4)15-11-9-8-10-12-15/h8-12H,3,5-7,13H2,1-2,4H3. The van der Waals surface area contributed by atoms with Crippen LogP contribution in [0.25, 0.3) is 0 Å². The molecule has 0 aliphatic heterocycles. The summed E-state index contributed by atoms with van der Waals surface area (Å²) in [5.74, 6) is 0. The average molecular weight is 216 g/mol. The molecular weight excluding hydrogens is 192 g/mol. The van der Waals surface area contributed by atoms with E-state index in [1.165, 1.54) is 30.4 Å². The average Bonchev–Trinajstić information content (AvgIpc) is 2.31. The molecule has 88 valence electrons. The minimum Gasteiger partial charge on any atom is -0.0992 e. The maximum Gasteiger partial charge on any atom is 0.0153 e. The first kappa shape index (κ1) is 13.0. The van der Waals surface area contributed by atoms with Crippen molar-refractivity contribution in [1.29, 1.82) is 0 Å². The Morgan fingerprint density at radius 1 is 1.19 bits per heavy atom. The molecule has 0 bridgehead atoms. The lowest BCUT2D eigenvalue weighted by molar-refractivity contribution is 0.429. The van der Waals surface area contributed by atoms with Gasteiger partial charge in [0.25, 0.3) is 0 Å². The summed E-state index contributed by atoms with van der Waals surface area (Å²) < 4.78 is 0. The third-order valence-electron chi connectivity index (χ3n) is 3.70. The van der Waals surface area contributed by atoms with Crippen molar-refractivity contribution in [2.24, 2.45) is 0 Å². The lowest BCUT2D eigenvalue weighted by Crippen LogP contribution is -2.26. The number of rotatable bonds is 6. The summed E-state index contributed by atoms with van der Waals surface area (Å²) >= 11 is 0. The van der Waals surface area contributed by atoms with Gasteiger partial charge in [-0.1, -0.05) is 69.2 Å². The zero-order valence-electron chi connectivity index (χ0n) is 10.9. The maximum absolute atomic E-state index is 4.23. The zero-order valence-corrected chi connectivity index (χ0v) is 10.9. The second-order valence-electron chi connectivity index (χ2n) is 4.69. The molecule has 0 spiro atoms. The summed E-state index contributed by atoms with van der Waals surface area (Å²) in [7, 11) is 0. The number of allylic oxidation sites excluding steroid dienone is 1.